The van der Waals surface area contributed by atoms with Crippen LogP contribution in [0.4, 0.5) is 4.79 Å². The molecule has 7 heteroatoms. The van der Waals surface area contributed by atoms with Crippen LogP contribution in [0.1, 0.15) is 42.7 Å². The standard InChI is InChI=1S/C18H28N4O3/c1-12(2)8-16(11-23)21-18(25)20-15-6-7-22(10-15)17(24)14-5-4-13(3)19-9-14/h4-5,9,12,15-16,23H,6-8,10-11H2,1-3H3,(H2,20,21,25)/t15-,16+/m1/s1. The maximum Gasteiger partial charge on any atom is 0.315 e. The van der Waals surface area contributed by atoms with Gasteiger partial charge < -0.3 is 20.6 Å². The second kappa shape index (κ2) is 8.80. The molecule has 0 aliphatic carbocycles. The van der Waals surface area contributed by atoms with Crippen LogP contribution in [-0.4, -0.2) is 58.7 Å². The van der Waals surface area contributed by atoms with E-state index in [1.165, 1.54) is 0 Å². The molecule has 1 aromatic heterocycles. The maximum absolute atomic E-state index is 12.5. The highest BCUT2D eigenvalue weighted by Crippen LogP contribution is 2.14. The maximum atomic E-state index is 12.5. The van der Waals surface area contributed by atoms with E-state index in [1.807, 2.05) is 26.8 Å². The van der Waals surface area contributed by atoms with E-state index in [9.17, 15) is 14.7 Å². The Balaban J connectivity index is 1.82. The number of amides is 3. The molecular formula is C18H28N4O3. The van der Waals surface area contributed by atoms with Gasteiger partial charge in [-0.2, -0.15) is 0 Å². The van der Waals surface area contributed by atoms with Gasteiger partial charge in [-0.1, -0.05) is 13.8 Å². The number of nitrogens with zero attached hydrogens (tertiary/aromatic N) is 2. The Bertz CT molecular complexity index is 588. The summed E-state index contributed by atoms with van der Waals surface area (Å²) in [6.45, 7) is 6.97. The summed E-state index contributed by atoms with van der Waals surface area (Å²) in [7, 11) is 0. The van der Waals surface area contributed by atoms with Crippen LogP contribution in [0.2, 0.25) is 0 Å². The van der Waals surface area contributed by atoms with Crippen LogP contribution < -0.4 is 10.6 Å². The fraction of sp³-hybridized carbons (Fsp3) is 0.611. The third-order valence-electron chi connectivity index (χ3n) is 4.28. The molecular weight excluding hydrogens is 320 g/mol. The van der Waals surface area contributed by atoms with Crippen molar-refractivity contribution in [3.8, 4) is 0 Å². The van der Waals surface area contributed by atoms with Gasteiger partial charge in [0.1, 0.15) is 0 Å². The van der Waals surface area contributed by atoms with Crippen LogP contribution in [0.3, 0.4) is 0 Å². The van der Waals surface area contributed by atoms with Crippen molar-refractivity contribution in [2.45, 2.75) is 45.7 Å². The summed E-state index contributed by atoms with van der Waals surface area (Å²) in [6.07, 6.45) is 3.02. The quantitative estimate of drug-likeness (QED) is 0.722. The normalized spacial score (nSPS) is 18.3. The average molecular weight is 348 g/mol. The highest BCUT2D eigenvalue weighted by Gasteiger charge is 2.28. The molecule has 0 spiro atoms. The molecule has 1 saturated heterocycles. The fourth-order valence-electron chi connectivity index (χ4n) is 3.00. The molecule has 1 fully saturated rings. The molecule has 1 aliphatic heterocycles. The van der Waals surface area contributed by atoms with Crippen LogP contribution in [-0.2, 0) is 0 Å². The lowest BCUT2D eigenvalue weighted by atomic mass is 10.0. The lowest BCUT2D eigenvalue weighted by molar-refractivity contribution is 0.0789. The lowest BCUT2D eigenvalue weighted by Crippen LogP contribution is -2.48. The van der Waals surface area contributed by atoms with Crippen molar-refractivity contribution in [2.24, 2.45) is 5.92 Å². The molecule has 0 aromatic carbocycles. The van der Waals surface area contributed by atoms with E-state index in [2.05, 4.69) is 15.6 Å². The SMILES string of the molecule is Cc1ccc(C(=O)N2CC[C@@H](NC(=O)N[C@H](CO)CC(C)C)C2)cn1. The van der Waals surface area contributed by atoms with Gasteiger partial charge in [-0.15, -0.1) is 0 Å². The van der Waals surface area contributed by atoms with Gasteiger partial charge in [0, 0.05) is 31.0 Å². The van der Waals surface area contributed by atoms with Crippen molar-refractivity contribution in [3.63, 3.8) is 0 Å². The minimum absolute atomic E-state index is 0.0646. The Morgan fingerprint density at radius 1 is 1.40 bits per heavy atom. The summed E-state index contributed by atoms with van der Waals surface area (Å²) >= 11 is 0. The molecule has 1 aliphatic rings. The molecule has 3 N–H and O–H groups in total. The second-order valence-corrected chi connectivity index (χ2v) is 7.05. The van der Waals surface area contributed by atoms with E-state index in [1.54, 1.807) is 17.2 Å². The topological polar surface area (TPSA) is 94.6 Å². The number of nitrogens with one attached hydrogen (secondary N) is 2. The molecule has 0 radical (unpaired) electrons. The zero-order valence-electron chi connectivity index (χ0n) is 15.2. The van der Waals surface area contributed by atoms with Gasteiger partial charge in [0.25, 0.3) is 5.91 Å². The van der Waals surface area contributed by atoms with E-state index >= 15 is 0 Å². The van der Waals surface area contributed by atoms with Gasteiger partial charge >= 0.3 is 6.03 Å². The molecule has 1 aromatic rings. The summed E-state index contributed by atoms with van der Waals surface area (Å²) in [4.78, 5) is 30.4. The third kappa shape index (κ3) is 5.70. The molecule has 0 unspecified atom stereocenters. The number of aryl methyl sites for hydroxylation is 1. The molecule has 2 rings (SSSR count). The van der Waals surface area contributed by atoms with Crippen LogP contribution in [0.15, 0.2) is 18.3 Å². The van der Waals surface area contributed by atoms with Crippen molar-refractivity contribution in [3.05, 3.63) is 29.6 Å². The van der Waals surface area contributed by atoms with E-state index < -0.39 is 0 Å². The number of pyridine rings is 1. The molecule has 0 bridgehead atoms. The smallest absolute Gasteiger partial charge is 0.315 e. The summed E-state index contributed by atoms with van der Waals surface area (Å²) in [5.41, 5.74) is 1.43. The van der Waals surface area contributed by atoms with Crippen LogP contribution in [0.5, 0.6) is 0 Å². The summed E-state index contributed by atoms with van der Waals surface area (Å²) in [5, 5.41) is 15.0. The number of urea groups is 1. The summed E-state index contributed by atoms with van der Waals surface area (Å²) < 4.78 is 0. The monoisotopic (exact) mass is 348 g/mol. The first-order valence-corrected chi connectivity index (χ1v) is 8.78. The van der Waals surface area contributed by atoms with Gasteiger partial charge in [-0.25, -0.2) is 4.79 Å². The second-order valence-electron chi connectivity index (χ2n) is 7.05. The zero-order chi connectivity index (χ0) is 18.4. The van der Waals surface area contributed by atoms with Gasteiger partial charge in [0.15, 0.2) is 0 Å². The van der Waals surface area contributed by atoms with E-state index in [4.69, 9.17) is 0 Å². The van der Waals surface area contributed by atoms with Crippen LogP contribution >= 0.6 is 0 Å². The first-order valence-electron chi connectivity index (χ1n) is 8.78. The largest absolute Gasteiger partial charge is 0.394 e. The third-order valence-corrected chi connectivity index (χ3v) is 4.28. The Labute approximate surface area is 148 Å². The number of likely N-dealkylation sites (tertiary alicyclic amines) is 1. The van der Waals surface area contributed by atoms with Crippen LogP contribution in [0, 0.1) is 12.8 Å². The fourth-order valence-corrected chi connectivity index (χ4v) is 3.00. The molecule has 2 atom stereocenters. The van der Waals surface area contributed by atoms with Crippen molar-refractivity contribution in [2.75, 3.05) is 19.7 Å². The summed E-state index contributed by atoms with van der Waals surface area (Å²) in [5.74, 6) is 0.324. The molecule has 138 valence electrons. The number of aromatic nitrogens is 1. The number of carbonyl (C=O) groups is 2. The molecule has 7 nitrogen and oxygen atoms in total. The summed E-state index contributed by atoms with van der Waals surface area (Å²) in [6, 6.07) is 2.96. The van der Waals surface area contributed by atoms with Gasteiger partial charge in [-0.05, 0) is 37.8 Å². The number of hydrogen-bond donors (Lipinski definition) is 3. The first kappa shape index (κ1) is 19.2. The zero-order valence-corrected chi connectivity index (χ0v) is 15.2. The predicted octanol–water partition coefficient (Wildman–Crippen LogP) is 1.31. The Morgan fingerprint density at radius 2 is 2.16 bits per heavy atom. The highest BCUT2D eigenvalue weighted by atomic mass is 16.3. The Morgan fingerprint density at radius 3 is 2.76 bits per heavy atom. The molecule has 0 saturated carbocycles. The Hall–Kier alpha value is -2.15. The van der Waals surface area contributed by atoms with Crippen molar-refractivity contribution in [1.82, 2.24) is 20.5 Å². The van der Waals surface area contributed by atoms with E-state index in [0.717, 1.165) is 12.1 Å². The number of hydrogen-bond acceptors (Lipinski definition) is 4. The van der Waals surface area contributed by atoms with E-state index in [0.29, 0.717) is 31.0 Å². The van der Waals surface area contributed by atoms with E-state index in [-0.39, 0.29) is 30.6 Å². The number of rotatable bonds is 6. The number of aliphatic hydroxyl groups is 1. The van der Waals surface area contributed by atoms with Crippen LogP contribution in [0.25, 0.3) is 0 Å². The van der Waals surface area contributed by atoms with Crippen molar-refractivity contribution < 1.29 is 14.7 Å². The van der Waals surface area contributed by atoms with Gasteiger partial charge in [0.2, 0.25) is 0 Å². The molecule has 25 heavy (non-hydrogen) atoms. The van der Waals surface area contributed by atoms with Crippen molar-refractivity contribution in [1.29, 1.82) is 0 Å². The molecule has 2 heterocycles. The number of carbonyl (C=O) groups excluding carboxylic acids is 2. The van der Waals surface area contributed by atoms with Gasteiger partial charge in [-0.3, -0.25) is 9.78 Å². The predicted molar refractivity (Wildman–Crippen MR) is 95.3 cm³/mol. The minimum Gasteiger partial charge on any atom is -0.394 e. The van der Waals surface area contributed by atoms with Crippen molar-refractivity contribution >= 4 is 11.9 Å². The average Bonchev–Trinajstić information content (AvgIpc) is 3.02. The first-order chi connectivity index (χ1) is 11.9. The van der Waals surface area contributed by atoms with Gasteiger partial charge in [0.05, 0.1) is 18.2 Å². The number of aliphatic hydroxyl groups excluding tert-OH is 1. The lowest BCUT2D eigenvalue weighted by Gasteiger charge is -2.21. The Kier molecular flexibility index (Phi) is 6.75. The molecule has 3 amide bonds. The highest BCUT2D eigenvalue weighted by molar-refractivity contribution is 5.94. The minimum atomic E-state index is -0.295.